The highest BCUT2D eigenvalue weighted by molar-refractivity contribution is 7.99. The summed E-state index contributed by atoms with van der Waals surface area (Å²) < 4.78 is 0. The third-order valence-corrected chi connectivity index (χ3v) is 2.62. The Morgan fingerprint density at radius 1 is 1.12 bits per heavy atom. The van der Waals surface area contributed by atoms with E-state index in [2.05, 4.69) is 19.9 Å². The van der Waals surface area contributed by atoms with Crippen LogP contribution in [-0.4, -0.2) is 19.9 Å². The number of aromatic amines is 1. The normalized spacial score (nSPS) is 10.6. The van der Waals surface area contributed by atoms with Gasteiger partial charge in [-0.1, -0.05) is 0 Å². The second kappa shape index (κ2) is 3.89. The van der Waals surface area contributed by atoms with Gasteiger partial charge in [0.1, 0.15) is 28.3 Å². The van der Waals surface area contributed by atoms with Crippen molar-refractivity contribution in [2.75, 3.05) is 17.2 Å². The zero-order valence-corrected chi connectivity index (χ0v) is 9.38. The smallest absolute Gasteiger partial charge is 0.197 e. The number of nitrogen functional groups attached to an aromatic ring is 3. The molecule has 8 heteroatoms. The van der Waals surface area contributed by atoms with Crippen LogP contribution in [0.3, 0.4) is 0 Å². The maximum Gasteiger partial charge on any atom is 0.197 e. The van der Waals surface area contributed by atoms with E-state index in [4.69, 9.17) is 17.2 Å². The minimum atomic E-state index is 0.320. The Bertz CT molecular complexity index is 501. The molecule has 0 saturated carbocycles. The zero-order chi connectivity index (χ0) is 11.7. The molecule has 2 aromatic heterocycles. The highest BCUT2D eigenvalue weighted by atomic mass is 32.2. The summed E-state index contributed by atoms with van der Waals surface area (Å²) in [6.07, 6.45) is 0. The van der Waals surface area contributed by atoms with Crippen molar-refractivity contribution in [3.05, 3.63) is 11.9 Å². The predicted molar refractivity (Wildman–Crippen MR) is 62.7 cm³/mol. The van der Waals surface area contributed by atoms with Crippen molar-refractivity contribution < 1.29 is 0 Å². The molecule has 0 aliphatic carbocycles. The summed E-state index contributed by atoms with van der Waals surface area (Å²) in [4.78, 5) is 15.1. The number of hydrogen-bond acceptors (Lipinski definition) is 7. The zero-order valence-electron chi connectivity index (χ0n) is 8.56. The number of aromatic nitrogens is 4. The molecule has 0 bridgehead atoms. The Morgan fingerprint density at radius 2 is 1.75 bits per heavy atom. The third-order valence-electron chi connectivity index (χ3n) is 1.75. The van der Waals surface area contributed by atoms with Crippen molar-refractivity contribution in [1.82, 2.24) is 19.9 Å². The van der Waals surface area contributed by atoms with Crippen LogP contribution in [0.25, 0.3) is 0 Å². The van der Waals surface area contributed by atoms with Crippen molar-refractivity contribution in [2.24, 2.45) is 0 Å². The molecule has 0 fully saturated rings. The predicted octanol–water partition coefficient (Wildman–Crippen LogP) is 0.406. The molecular weight excluding hydrogens is 226 g/mol. The molecule has 2 heterocycles. The quantitative estimate of drug-likeness (QED) is 0.556. The summed E-state index contributed by atoms with van der Waals surface area (Å²) in [5.74, 6) is 1.85. The number of anilines is 3. The fourth-order valence-electron chi connectivity index (χ4n) is 1.16. The lowest BCUT2D eigenvalue weighted by atomic mass is 10.5. The van der Waals surface area contributed by atoms with Gasteiger partial charge >= 0.3 is 0 Å². The van der Waals surface area contributed by atoms with Crippen molar-refractivity contribution in [3.8, 4) is 0 Å². The molecule has 0 saturated heterocycles. The molecule has 2 rings (SSSR count). The number of hydrogen-bond donors (Lipinski definition) is 4. The van der Waals surface area contributed by atoms with Crippen LogP contribution < -0.4 is 17.2 Å². The highest BCUT2D eigenvalue weighted by Crippen LogP contribution is 2.28. The number of aryl methyl sites for hydroxylation is 1. The Kier molecular flexibility index (Phi) is 2.57. The molecule has 0 radical (unpaired) electrons. The van der Waals surface area contributed by atoms with Gasteiger partial charge in [-0.15, -0.1) is 0 Å². The number of nitrogens with one attached hydrogen (secondary N) is 1. The fourth-order valence-corrected chi connectivity index (χ4v) is 1.98. The number of imidazole rings is 1. The second-order valence-electron chi connectivity index (χ2n) is 3.14. The van der Waals surface area contributed by atoms with Crippen molar-refractivity contribution >= 4 is 29.2 Å². The lowest BCUT2D eigenvalue weighted by Gasteiger charge is -2.00. The lowest BCUT2D eigenvalue weighted by molar-refractivity contribution is 0.978. The van der Waals surface area contributed by atoms with Gasteiger partial charge < -0.3 is 22.2 Å². The Labute approximate surface area is 95.9 Å². The van der Waals surface area contributed by atoms with Crippen LogP contribution in [-0.2, 0) is 0 Å². The van der Waals surface area contributed by atoms with Crippen molar-refractivity contribution in [2.45, 2.75) is 17.1 Å². The number of nitrogens with two attached hydrogens (primary N) is 3. The van der Waals surface area contributed by atoms with Gasteiger partial charge in [-0.25, -0.2) is 15.0 Å². The Hall–Kier alpha value is -1.96. The first-order chi connectivity index (χ1) is 7.54. The molecule has 7 N–H and O–H groups in total. The Balaban J connectivity index is 2.30. The van der Waals surface area contributed by atoms with Crippen LogP contribution in [0.1, 0.15) is 5.82 Å². The van der Waals surface area contributed by atoms with Crippen molar-refractivity contribution in [3.63, 3.8) is 0 Å². The number of H-pyrrole nitrogens is 1. The summed E-state index contributed by atoms with van der Waals surface area (Å²) in [6.45, 7) is 1.81. The van der Waals surface area contributed by atoms with E-state index in [0.717, 1.165) is 5.82 Å². The molecule has 0 atom stereocenters. The van der Waals surface area contributed by atoms with Gasteiger partial charge in [0, 0.05) is 6.07 Å². The van der Waals surface area contributed by atoms with E-state index in [1.807, 2.05) is 6.92 Å². The SMILES string of the molecule is Cc1nc(Sc2nc(N)cc(N)n2)c(N)[nH]1. The van der Waals surface area contributed by atoms with Gasteiger partial charge in [0.15, 0.2) is 5.16 Å². The molecular formula is C8H11N7S. The van der Waals surface area contributed by atoms with Gasteiger partial charge in [0.05, 0.1) is 0 Å². The van der Waals surface area contributed by atoms with Crippen LogP contribution in [0.15, 0.2) is 16.2 Å². The third kappa shape index (κ3) is 2.16. The highest BCUT2D eigenvalue weighted by Gasteiger charge is 2.09. The fraction of sp³-hybridized carbons (Fsp3) is 0.125. The van der Waals surface area contributed by atoms with Gasteiger partial charge in [-0.05, 0) is 18.7 Å². The minimum absolute atomic E-state index is 0.320. The largest absolute Gasteiger partial charge is 0.383 e. The van der Waals surface area contributed by atoms with Crippen LogP contribution in [0.2, 0.25) is 0 Å². The van der Waals surface area contributed by atoms with Gasteiger partial charge in [0.2, 0.25) is 0 Å². The first-order valence-corrected chi connectivity index (χ1v) is 5.26. The molecule has 0 aromatic carbocycles. The standard InChI is InChI=1S/C8H11N7S/c1-3-12-6(11)7(13-3)16-8-14-4(9)2-5(10)15-8/h2H,11H2,1H3,(H,12,13)(H4,9,10,14,15). The monoisotopic (exact) mass is 237 g/mol. The molecule has 0 aliphatic rings. The van der Waals surface area contributed by atoms with E-state index in [-0.39, 0.29) is 0 Å². The van der Waals surface area contributed by atoms with E-state index >= 15 is 0 Å². The number of nitrogens with zero attached hydrogens (tertiary/aromatic N) is 3. The van der Waals surface area contributed by atoms with Gasteiger partial charge in [-0.3, -0.25) is 0 Å². The maximum absolute atomic E-state index is 5.71. The van der Waals surface area contributed by atoms with Crippen LogP contribution in [0.4, 0.5) is 17.5 Å². The molecule has 0 spiro atoms. The number of rotatable bonds is 2. The lowest BCUT2D eigenvalue weighted by Crippen LogP contribution is -1.99. The average molecular weight is 237 g/mol. The minimum Gasteiger partial charge on any atom is -0.383 e. The molecule has 16 heavy (non-hydrogen) atoms. The van der Waals surface area contributed by atoms with Crippen molar-refractivity contribution in [1.29, 1.82) is 0 Å². The molecule has 84 valence electrons. The van der Waals surface area contributed by atoms with E-state index in [1.54, 1.807) is 0 Å². The van der Waals surface area contributed by atoms with Crippen LogP contribution >= 0.6 is 11.8 Å². The summed E-state index contributed by atoms with van der Waals surface area (Å²) in [5, 5.41) is 1.04. The molecule has 7 nitrogen and oxygen atoms in total. The molecule has 0 amide bonds. The van der Waals surface area contributed by atoms with Gasteiger partial charge in [-0.2, -0.15) is 0 Å². The average Bonchev–Trinajstić information content (AvgIpc) is 2.43. The summed E-state index contributed by atoms with van der Waals surface area (Å²) in [6, 6.07) is 1.49. The summed E-state index contributed by atoms with van der Waals surface area (Å²) in [5.41, 5.74) is 16.8. The summed E-state index contributed by atoms with van der Waals surface area (Å²) >= 11 is 1.21. The Morgan fingerprint density at radius 3 is 2.25 bits per heavy atom. The molecule has 0 unspecified atom stereocenters. The molecule has 0 aliphatic heterocycles. The summed E-state index contributed by atoms with van der Waals surface area (Å²) in [7, 11) is 0. The first-order valence-electron chi connectivity index (χ1n) is 4.44. The van der Waals surface area contributed by atoms with Crippen LogP contribution in [0, 0.1) is 6.92 Å². The van der Waals surface area contributed by atoms with Crippen LogP contribution in [0.5, 0.6) is 0 Å². The molecule has 2 aromatic rings. The van der Waals surface area contributed by atoms with E-state index in [1.165, 1.54) is 17.8 Å². The maximum atomic E-state index is 5.71. The topological polar surface area (TPSA) is 133 Å². The van der Waals surface area contributed by atoms with E-state index in [0.29, 0.717) is 27.6 Å². The first kappa shape index (κ1) is 10.6. The second-order valence-corrected chi connectivity index (χ2v) is 4.10. The van der Waals surface area contributed by atoms with Gasteiger partial charge in [0.25, 0.3) is 0 Å². The van der Waals surface area contributed by atoms with E-state index < -0.39 is 0 Å². The van der Waals surface area contributed by atoms with E-state index in [9.17, 15) is 0 Å².